The predicted molar refractivity (Wildman–Crippen MR) is 344 cm³/mol. The smallest absolute Gasteiger partial charge is 0.306 e. The van der Waals surface area contributed by atoms with Crippen LogP contribution >= 0.6 is 0 Å². The van der Waals surface area contributed by atoms with Gasteiger partial charge in [-0.15, -0.1) is 0 Å². The highest BCUT2D eigenvalue weighted by Crippen LogP contribution is 2.19. The summed E-state index contributed by atoms with van der Waals surface area (Å²) in [6, 6.07) is 0. The van der Waals surface area contributed by atoms with Crippen LogP contribution in [0, 0.1) is 0 Å². The van der Waals surface area contributed by atoms with Crippen LogP contribution in [0.5, 0.6) is 0 Å². The van der Waals surface area contributed by atoms with Crippen LogP contribution in [0.3, 0.4) is 0 Å². The number of carbonyl (C=O) groups excluding carboxylic acids is 3. The van der Waals surface area contributed by atoms with E-state index in [0.717, 1.165) is 96.3 Å². The summed E-state index contributed by atoms with van der Waals surface area (Å²) in [7, 11) is 0. The number of allylic oxidation sites excluding steroid dienone is 8. The van der Waals surface area contributed by atoms with Gasteiger partial charge in [-0.05, 0) is 57.8 Å². The number of rotatable bonds is 65. The Kier molecular flexibility index (Phi) is 65.6. The van der Waals surface area contributed by atoms with E-state index in [1.807, 2.05) is 0 Å². The third-order valence-electron chi connectivity index (χ3n) is 15.8. The number of esters is 3. The van der Waals surface area contributed by atoms with Gasteiger partial charge >= 0.3 is 17.9 Å². The molecule has 0 aliphatic heterocycles. The number of unbranched alkanes of at least 4 members (excludes halogenated alkanes) is 46. The average Bonchev–Trinajstić information content (AvgIpc) is 3.45. The minimum atomic E-state index is -0.782. The summed E-state index contributed by atoms with van der Waals surface area (Å²) < 4.78 is 17.0. The fraction of sp³-hybridized carbons (Fsp3) is 0.849. The highest BCUT2D eigenvalue weighted by molar-refractivity contribution is 5.71. The Morgan fingerprint density at radius 1 is 0.266 bits per heavy atom. The monoisotopic (exact) mass is 1110 g/mol. The van der Waals surface area contributed by atoms with Crippen LogP contribution in [0.4, 0.5) is 0 Å². The summed E-state index contributed by atoms with van der Waals surface area (Å²) in [5.41, 5.74) is 0. The predicted octanol–water partition coefficient (Wildman–Crippen LogP) is 24.1. The molecule has 6 nitrogen and oxygen atoms in total. The van der Waals surface area contributed by atoms with Crippen molar-refractivity contribution in [2.45, 2.75) is 386 Å². The summed E-state index contributed by atoms with van der Waals surface area (Å²) in [5.74, 6) is -0.872. The normalized spacial score (nSPS) is 12.3. The second-order valence-electron chi connectivity index (χ2n) is 23.8. The SMILES string of the molecule is CC/C=C\C/C=C\C/C=C\C/C=C\CCCCCCC(=O)OCC(COC(=O)CCCCCCCCCCCCCCCCCCCCCCCCCCCC)OC(=O)CCCCCCCCCCCCCCCCCCCC. The zero-order valence-corrected chi connectivity index (χ0v) is 53.2. The molecule has 0 N–H and O–H groups in total. The Bertz CT molecular complexity index is 1360. The first kappa shape index (κ1) is 76.4. The molecule has 462 valence electrons. The zero-order chi connectivity index (χ0) is 57.1. The molecule has 0 bridgehead atoms. The van der Waals surface area contributed by atoms with Gasteiger partial charge in [0.15, 0.2) is 6.10 Å². The highest BCUT2D eigenvalue weighted by atomic mass is 16.6. The lowest BCUT2D eigenvalue weighted by molar-refractivity contribution is -0.167. The van der Waals surface area contributed by atoms with Crippen LogP contribution in [0.15, 0.2) is 48.6 Å². The molecule has 0 aliphatic rings. The van der Waals surface area contributed by atoms with Crippen LogP contribution in [-0.4, -0.2) is 37.2 Å². The number of carbonyl (C=O) groups is 3. The lowest BCUT2D eigenvalue weighted by atomic mass is 10.0. The molecule has 0 spiro atoms. The summed E-state index contributed by atoms with van der Waals surface area (Å²) in [4.78, 5) is 38.4. The van der Waals surface area contributed by atoms with E-state index < -0.39 is 6.10 Å². The van der Waals surface area contributed by atoms with E-state index >= 15 is 0 Å². The molecule has 79 heavy (non-hydrogen) atoms. The Morgan fingerprint density at radius 3 is 0.772 bits per heavy atom. The molecular weight excluding hydrogens is 973 g/mol. The average molecular weight is 1110 g/mol. The van der Waals surface area contributed by atoms with Gasteiger partial charge < -0.3 is 14.2 Å². The van der Waals surface area contributed by atoms with E-state index in [1.165, 1.54) is 244 Å². The van der Waals surface area contributed by atoms with Crippen molar-refractivity contribution in [3.05, 3.63) is 48.6 Å². The third kappa shape index (κ3) is 66.1. The molecule has 0 saturated heterocycles. The van der Waals surface area contributed by atoms with E-state index in [-0.39, 0.29) is 31.1 Å². The molecule has 0 aromatic carbocycles. The Morgan fingerprint density at radius 2 is 0.494 bits per heavy atom. The lowest BCUT2D eigenvalue weighted by Crippen LogP contribution is -2.30. The Balaban J connectivity index is 4.28. The quantitative estimate of drug-likeness (QED) is 0.0261. The Labute approximate surface area is 492 Å². The first-order valence-corrected chi connectivity index (χ1v) is 35.1. The maximum atomic E-state index is 12.9. The van der Waals surface area contributed by atoms with Crippen molar-refractivity contribution in [1.29, 1.82) is 0 Å². The molecule has 1 atom stereocenters. The van der Waals surface area contributed by atoms with Crippen molar-refractivity contribution in [1.82, 2.24) is 0 Å². The number of hydrogen-bond donors (Lipinski definition) is 0. The van der Waals surface area contributed by atoms with Crippen molar-refractivity contribution in [3.8, 4) is 0 Å². The number of hydrogen-bond acceptors (Lipinski definition) is 6. The first-order chi connectivity index (χ1) is 39.0. The van der Waals surface area contributed by atoms with Gasteiger partial charge in [0.1, 0.15) is 13.2 Å². The topological polar surface area (TPSA) is 78.9 Å². The molecule has 1 unspecified atom stereocenters. The molecule has 0 aromatic rings. The number of ether oxygens (including phenoxy) is 3. The van der Waals surface area contributed by atoms with Crippen LogP contribution < -0.4 is 0 Å². The van der Waals surface area contributed by atoms with E-state index in [2.05, 4.69) is 69.4 Å². The van der Waals surface area contributed by atoms with E-state index in [9.17, 15) is 14.4 Å². The molecule has 0 rings (SSSR count). The summed E-state index contributed by atoms with van der Waals surface area (Å²) in [6.45, 7) is 6.58. The third-order valence-corrected chi connectivity index (χ3v) is 15.8. The maximum absolute atomic E-state index is 12.9. The molecule has 0 saturated carbocycles. The fourth-order valence-corrected chi connectivity index (χ4v) is 10.6. The van der Waals surface area contributed by atoms with Crippen LogP contribution in [0.1, 0.15) is 380 Å². The first-order valence-electron chi connectivity index (χ1n) is 35.1. The fourth-order valence-electron chi connectivity index (χ4n) is 10.6. The lowest BCUT2D eigenvalue weighted by Gasteiger charge is -2.18. The van der Waals surface area contributed by atoms with E-state index in [4.69, 9.17) is 14.2 Å². The minimum absolute atomic E-state index is 0.0756. The van der Waals surface area contributed by atoms with Gasteiger partial charge in [-0.3, -0.25) is 14.4 Å². The molecular formula is C73H134O6. The molecule has 0 amide bonds. The molecule has 6 heteroatoms. The zero-order valence-electron chi connectivity index (χ0n) is 53.2. The van der Waals surface area contributed by atoms with E-state index in [1.54, 1.807) is 0 Å². The molecule has 0 heterocycles. The molecule has 0 aliphatic carbocycles. The van der Waals surface area contributed by atoms with Gasteiger partial charge in [-0.25, -0.2) is 0 Å². The summed E-state index contributed by atoms with van der Waals surface area (Å²) in [5, 5.41) is 0. The van der Waals surface area contributed by atoms with Crippen LogP contribution in [0.2, 0.25) is 0 Å². The van der Waals surface area contributed by atoms with Crippen LogP contribution in [-0.2, 0) is 28.6 Å². The molecule has 0 aromatic heterocycles. The van der Waals surface area contributed by atoms with Crippen molar-refractivity contribution in [2.75, 3.05) is 13.2 Å². The van der Waals surface area contributed by atoms with Gasteiger partial charge in [-0.2, -0.15) is 0 Å². The minimum Gasteiger partial charge on any atom is -0.462 e. The second kappa shape index (κ2) is 67.9. The Hall–Kier alpha value is -2.63. The summed E-state index contributed by atoms with van der Waals surface area (Å²) in [6.07, 6.45) is 85.7. The molecule has 0 fully saturated rings. The molecule has 0 radical (unpaired) electrons. The standard InChI is InChI=1S/C73H134O6/c1-4-7-10-13-16-19-22-25-28-31-33-34-35-36-37-38-39-40-43-45-48-51-54-57-60-63-66-72(75)78-69-70(68-77-71(74)65-62-59-56-53-50-47-44-41-30-27-24-21-18-15-12-9-6-3)79-73(76)67-64-61-58-55-52-49-46-42-32-29-26-23-20-17-14-11-8-5-2/h9,12,18,21,27,30,44,47,70H,4-8,10-11,13-17,19-20,22-26,28-29,31-43,45-46,48-69H2,1-3H3/b12-9-,21-18-,30-27-,47-44-. The van der Waals surface area contributed by atoms with Gasteiger partial charge in [0.25, 0.3) is 0 Å². The van der Waals surface area contributed by atoms with Gasteiger partial charge in [0.2, 0.25) is 0 Å². The van der Waals surface area contributed by atoms with Crippen molar-refractivity contribution >= 4 is 17.9 Å². The highest BCUT2D eigenvalue weighted by Gasteiger charge is 2.19. The summed E-state index contributed by atoms with van der Waals surface area (Å²) >= 11 is 0. The van der Waals surface area contributed by atoms with Crippen LogP contribution in [0.25, 0.3) is 0 Å². The van der Waals surface area contributed by atoms with Gasteiger partial charge in [-0.1, -0.05) is 352 Å². The van der Waals surface area contributed by atoms with Crippen molar-refractivity contribution in [3.63, 3.8) is 0 Å². The van der Waals surface area contributed by atoms with E-state index in [0.29, 0.717) is 19.3 Å². The largest absolute Gasteiger partial charge is 0.462 e. The second-order valence-corrected chi connectivity index (χ2v) is 23.8. The van der Waals surface area contributed by atoms with Crippen molar-refractivity contribution in [2.24, 2.45) is 0 Å². The van der Waals surface area contributed by atoms with Crippen molar-refractivity contribution < 1.29 is 28.6 Å². The maximum Gasteiger partial charge on any atom is 0.306 e. The van der Waals surface area contributed by atoms with Gasteiger partial charge in [0.05, 0.1) is 0 Å². The van der Waals surface area contributed by atoms with Gasteiger partial charge in [0, 0.05) is 19.3 Å².